The Morgan fingerprint density at radius 3 is 2.28 bits per heavy atom. The molecule has 0 fully saturated rings. The van der Waals surface area contributed by atoms with E-state index >= 15 is 0 Å². The van der Waals surface area contributed by atoms with Crippen LogP contribution >= 0.6 is 0 Å². The second kappa shape index (κ2) is 9.54. The Balaban J connectivity index is 1.50. The Bertz CT molecular complexity index is 923. The van der Waals surface area contributed by atoms with Crippen molar-refractivity contribution in [2.45, 2.75) is 6.42 Å². The first-order valence-corrected chi connectivity index (χ1v) is 9.34. The summed E-state index contributed by atoms with van der Waals surface area (Å²) in [6.07, 6.45) is 0.728. The van der Waals surface area contributed by atoms with Crippen LogP contribution in [0.3, 0.4) is 0 Å². The minimum absolute atomic E-state index is 0.243. The lowest BCUT2D eigenvalue weighted by atomic mass is 10.1. The molecule has 7 nitrogen and oxygen atoms in total. The number of carbonyl (C=O) groups excluding carboxylic acids is 1. The van der Waals surface area contributed by atoms with Gasteiger partial charge in [0.05, 0.1) is 7.11 Å². The average Bonchev–Trinajstić information content (AvgIpc) is 2.75. The lowest BCUT2D eigenvalue weighted by Crippen LogP contribution is -2.26. The number of rotatable bonds is 8. The van der Waals surface area contributed by atoms with Crippen molar-refractivity contribution in [3.63, 3.8) is 0 Å². The highest BCUT2D eigenvalue weighted by Crippen LogP contribution is 2.18. The van der Waals surface area contributed by atoms with Crippen molar-refractivity contribution in [2.24, 2.45) is 0 Å². The van der Waals surface area contributed by atoms with E-state index in [1.807, 2.05) is 67.5 Å². The number of hydrogen-bond acceptors (Lipinski definition) is 6. The summed E-state index contributed by atoms with van der Waals surface area (Å²) in [4.78, 5) is 14.3. The first-order chi connectivity index (χ1) is 14.0. The van der Waals surface area contributed by atoms with Crippen LogP contribution in [0.15, 0.2) is 60.7 Å². The number of nitrogens with zero attached hydrogens (tertiary/aromatic N) is 3. The van der Waals surface area contributed by atoms with Crippen molar-refractivity contribution in [2.75, 3.05) is 38.0 Å². The Hall–Kier alpha value is -3.61. The molecule has 150 valence electrons. The van der Waals surface area contributed by atoms with Crippen LogP contribution in [0, 0.1) is 0 Å². The van der Waals surface area contributed by atoms with E-state index < -0.39 is 0 Å². The monoisotopic (exact) mass is 391 g/mol. The predicted octanol–water partition coefficient (Wildman–Crippen LogP) is 3.27. The molecule has 0 unspecified atom stereocenters. The molecule has 0 bridgehead atoms. The van der Waals surface area contributed by atoms with E-state index in [9.17, 15) is 4.79 Å². The van der Waals surface area contributed by atoms with Gasteiger partial charge in [0.2, 0.25) is 0 Å². The third-order valence-electron chi connectivity index (χ3n) is 4.41. The molecule has 0 radical (unpaired) electrons. The molecule has 7 heteroatoms. The van der Waals surface area contributed by atoms with Gasteiger partial charge in [-0.2, -0.15) is 0 Å². The molecule has 3 aromatic rings. The van der Waals surface area contributed by atoms with Gasteiger partial charge in [0.1, 0.15) is 5.75 Å². The summed E-state index contributed by atoms with van der Waals surface area (Å²) in [6, 6.07) is 19.1. The number of carbonyl (C=O) groups is 1. The number of benzene rings is 2. The maximum atomic E-state index is 12.2. The molecule has 29 heavy (non-hydrogen) atoms. The number of ether oxygens (including phenoxy) is 1. The topological polar surface area (TPSA) is 79.4 Å². The molecule has 2 aromatic carbocycles. The molecule has 0 spiro atoms. The van der Waals surface area contributed by atoms with Crippen LogP contribution < -0.4 is 20.3 Å². The highest BCUT2D eigenvalue weighted by atomic mass is 16.5. The fraction of sp³-hybridized carbons (Fsp3) is 0.227. The van der Waals surface area contributed by atoms with Crippen molar-refractivity contribution < 1.29 is 9.53 Å². The number of methoxy groups -OCH3 is 1. The van der Waals surface area contributed by atoms with Crippen molar-refractivity contribution in [3.8, 4) is 5.75 Å². The zero-order valence-electron chi connectivity index (χ0n) is 16.8. The van der Waals surface area contributed by atoms with Crippen LogP contribution in [0.2, 0.25) is 0 Å². The van der Waals surface area contributed by atoms with Crippen LogP contribution in [0.25, 0.3) is 0 Å². The largest absolute Gasteiger partial charge is 0.497 e. The summed E-state index contributed by atoms with van der Waals surface area (Å²) in [6.45, 7) is 0.519. The predicted molar refractivity (Wildman–Crippen MR) is 115 cm³/mol. The molecule has 2 N–H and O–H groups in total. The third-order valence-corrected chi connectivity index (χ3v) is 4.41. The van der Waals surface area contributed by atoms with Crippen LogP contribution in [-0.2, 0) is 6.42 Å². The quantitative estimate of drug-likeness (QED) is 0.614. The minimum Gasteiger partial charge on any atom is -0.497 e. The van der Waals surface area contributed by atoms with Gasteiger partial charge in [-0.25, -0.2) is 0 Å². The van der Waals surface area contributed by atoms with Gasteiger partial charge in [-0.3, -0.25) is 4.79 Å². The number of amides is 1. The highest BCUT2D eigenvalue weighted by Gasteiger charge is 2.08. The molecule has 3 rings (SSSR count). The molecular formula is C22H25N5O2. The summed E-state index contributed by atoms with van der Waals surface area (Å²) in [5, 5.41) is 14.2. The maximum Gasteiger partial charge on any atom is 0.271 e. The number of hydrogen-bond donors (Lipinski definition) is 2. The Morgan fingerprint density at radius 2 is 1.69 bits per heavy atom. The smallest absolute Gasteiger partial charge is 0.271 e. The Kier molecular flexibility index (Phi) is 6.63. The van der Waals surface area contributed by atoms with Crippen LogP contribution in [0.1, 0.15) is 16.1 Å². The molecule has 0 saturated carbocycles. The summed E-state index contributed by atoms with van der Waals surface area (Å²) >= 11 is 0. The molecule has 0 aliphatic rings. The van der Waals surface area contributed by atoms with Crippen LogP contribution in [0.4, 0.5) is 17.2 Å². The zero-order valence-corrected chi connectivity index (χ0v) is 16.8. The van der Waals surface area contributed by atoms with Gasteiger partial charge in [-0.1, -0.05) is 12.1 Å². The van der Waals surface area contributed by atoms with E-state index in [1.165, 1.54) is 0 Å². The number of aromatic nitrogens is 2. The second-order valence-corrected chi connectivity index (χ2v) is 6.72. The second-order valence-electron chi connectivity index (χ2n) is 6.72. The minimum atomic E-state index is -0.243. The molecule has 0 aliphatic heterocycles. The molecule has 1 amide bonds. The molecule has 0 atom stereocenters. The third kappa shape index (κ3) is 5.68. The number of nitrogens with one attached hydrogen (secondary N) is 2. The van der Waals surface area contributed by atoms with Gasteiger partial charge >= 0.3 is 0 Å². The molecular weight excluding hydrogens is 366 g/mol. The van der Waals surface area contributed by atoms with Gasteiger partial charge in [0.15, 0.2) is 11.5 Å². The van der Waals surface area contributed by atoms with Crippen molar-refractivity contribution in [1.82, 2.24) is 15.5 Å². The van der Waals surface area contributed by atoms with Gasteiger partial charge < -0.3 is 20.3 Å². The maximum absolute atomic E-state index is 12.2. The van der Waals surface area contributed by atoms with E-state index in [0.717, 1.165) is 29.1 Å². The van der Waals surface area contributed by atoms with E-state index in [1.54, 1.807) is 19.2 Å². The Morgan fingerprint density at radius 1 is 0.966 bits per heavy atom. The molecule has 1 aromatic heterocycles. The zero-order chi connectivity index (χ0) is 20.6. The normalized spacial score (nSPS) is 10.3. The first kappa shape index (κ1) is 20.1. The summed E-state index contributed by atoms with van der Waals surface area (Å²) in [7, 11) is 5.63. The van der Waals surface area contributed by atoms with E-state index in [-0.39, 0.29) is 11.6 Å². The highest BCUT2D eigenvalue weighted by molar-refractivity contribution is 5.92. The van der Waals surface area contributed by atoms with Crippen LogP contribution in [0.5, 0.6) is 5.75 Å². The van der Waals surface area contributed by atoms with Gasteiger partial charge in [-0.05, 0) is 60.5 Å². The van der Waals surface area contributed by atoms with Crippen molar-refractivity contribution in [3.05, 3.63) is 71.9 Å². The van der Waals surface area contributed by atoms with E-state index in [4.69, 9.17) is 4.74 Å². The van der Waals surface area contributed by atoms with Gasteiger partial charge in [0, 0.05) is 32.0 Å². The van der Waals surface area contributed by atoms with Crippen molar-refractivity contribution in [1.29, 1.82) is 0 Å². The standard InChI is InChI=1S/C22H25N5O2/c1-27(2)18-8-6-17(7-9-18)24-21-13-12-20(25-26-21)22(28)23-15-14-16-4-10-19(29-3)11-5-16/h4-13H,14-15H2,1-3H3,(H,23,28)(H,24,26). The summed E-state index contributed by atoms with van der Waals surface area (Å²) in [5.74, 6) is 1.15. The number of anilines is 3. The summed E-state index contributed by atoms with van der Waals surface area (Å²) < 4.78 is 5.14. The summed E-state index contributed by atoms with van der Waals surface area (Å²) in [5.41, 5.74) is 3.43. The van der Waals surface area contributed by atoms with E-state index in [2.05, 4.69) is 20.8 Å². The lowest BCUT2D eigenvalue weighted by molar-refractivity contribution is 0.0948. The Labute approximate surface area is 170 Å². The fourth-order valence-corrected chi connectivity index (χ4v) is 2.71. The molecule has 1 heterocycles. The SMILES string of the molecule is COc1ccc(CCNC(=O)c2ccc(Nc3ccc(N(C)C)cc3)nn2)cc1. The van der Waals surface area contributed by atoms with Crippen LogP contribution in [-0.4, -0.2) is 43.9 Å². The van der Waals surface area contributed by atoms with Gasteiger partial charge in [-0.15, -0.1) is 10.2 Å². The van der Waals surface area contributed by atoms with Crippen molar-refractivity contribution >= 4 is 23.1 Å². The molecule has 0 saturated heterocycles. The fourth-order valence-electron chi connectivity index (χ4n) is 2.71. The van der Waals surface area contributed by atoms with E-state index in [0.29, 0.717) is 12.4 Å². The lowest BCUT2D eigenvalue weighted by Gasteiger charge is -2.13. The first-order valence-electron chi connectivity index (χ1n) is 9.34. The van der Waals surface area contributed by atoms with Gasteiger partial charge in [0.25, 0.3) is 5.91 Å². The molecule has 0 aliphatic carbocycles. The average molecular weight is 391 g/mol.